The van der Waals surface area contributed by atoms with Gasteiger partial charge in [-0.15, -0.1) is 0 Å². The van der Waals surface area contributed by atoms with Crippen LogP contribution in [0.5, 0.6) is 0 Å². The molecule has 47 heavy (non-hydrogen) atoms. The molecular formula is C37H47N5O5. The summed E-state index contributed by atoms with van der Waals surface area (Å²) in [4.78, 5) is 56.6. The van der Waals surface area contributed by atoms with Crippen LogP contribution in [-0.4, -0.2) is 85.0 Å². The third-order valence-corrected chi connectivity index (χ3v) is 8.51. The first-order valence-electron chi connectivity index (χ1n) is 16.5. The largest absolute Gasteiger partial charge is 0.445 e. The fourth-order valence-corrected chi connectivity index (χ4v) is 5.67. The van der Waals surface area contributed by atoms with E-state index < -0.39 is 18.2 Å². The number of rotatable bonds is 16. The summed E-state index contributed by atoms with van der Waals surface area (Å²) in [5.41, 5.74) is 2.63. The van der Waals surface area contributed by atoms with Gasteiger partial charge in [0.2, 0.25) is 11.8 Å². The average molecular weight is 642 g/mol. The summed E-state index contributed by atoms with van der Waals surface area (Å²) in [6.07, 6.45) is 2.52. The number of nitrogens with zero attached hydrogens (tertiary/aromatic N) is 2. The first-order valence-corrected chi connectivity index (χ1v) is 16.5. The van der Waals surface area contributed by atoms with Crippen LogP contribution in [0.4, 0.5) is 4.79 Å². The predicted molar refractivity (Wildman–Crippen MR) is 182 cm³/mol. The number of hydrogen-bond donors (Lipinski definition) is 3. The Morgan fingerprint density at radius 1 is 0.915 bits per heavy atom. The van der Waals surface area contributed by atoms with Gasteiger partial charge in [-0.1, -0.05) is 78.9 Å². The van der Waals surface area contributed by atoms with Crippen molar-refractivity contribution in [3.8, 4) is 0 Å². The standard InChI is InChI=1S/C37H47N5O5/c1-28(38-2)34(43)40-33(21-12-23-39-37(46)47-27-30-16-8-4-9-17-30)36(45)42-24-13-20-32(42)26-41(25-22-29-14-6-3-7-15-29)35(44)31-18-10-5-11-19-31/h3-11,14-19,28,32-33,38H,12-13,20-27H2,1-2H3,(H,39,46)(H,40,43)/t28-,32-,33-/m0/s1. The molecule has 0 unspecified atom stereocenters. The number of carbonyl (C=O) groups is 4. The molecule has 0 spiro atoms. The Morgan fingerprint density at radius 3 is 2.21 bits per heavy atom. The number of likely N-dealkylation sites (N-methyl/N-ethyl adjacent to an activating group) is 1. The van der Waals surface area contributed by atoms with Crippen LogP contribution in [0.15, 0.2) is 91.0 Å². The minimum atomic E-state index is -0.774. The van der Waals surface area contributed by atoms with Gasteiger partial charge in [0.05, 0.1) is 6.04 Å². The number of amides is 4. The molecule has 1 fully saturated rings. The lowest BCUT2D eigenvalue weighted by atomic mass is 10.1. The van der Waals surface area contributed by atoms with Gasteiger partial charge in [-0.2, -0.15) is 0 Å². The molecule has 0 saturated carbocycles. The molecule has 4 rings (SSSR count). The Labute approximate surface area is 277 Å². The lowest BCUT2D eigenvalue weighted by Crippen LogP contribution is -2.55. The van der Waals surface area contributed by atoms with Crippen LogP contribution in [0, 0.1) is 0 Å². The molecular weight excluding hydrogens is 594 g/mol. The predicted octanol–water partition coefficient (Wildman–Crippen LogP) is 4.16. The van der Waals surface area contributed by atoms with Crippen molar-refractivity contribution in [1.29, 1.82) is 0 Å². The fourth-order valence-electron chi connectivity index (χ4n) is 5.67. The van der Waals surface area contributed by atoms with Gasteiger partial charge in [0.25, 0.3) is 5.91 Å². The van der Waals surface area contributed by atoms with E-state index in [1.807, 2.05) is 101 Å². The SMILES string of the molecule is CN[C@@H](C)C(=O)N[C@@H](CCCNC(=O)OCc1ccccc1)C(=O)N1CCC[C@H]1CN(CCc1ccccc1)C(=O)c1ccccc1. The molecule has 0 aromatic heterocycles. The molecule has 3 N–H and O–H groups in total. The van der Waals surface area contributed by atoms with Crippen molar-refractivity contribution < 1.29 is 23.9 Å². The Kier molecular flexibility index (Phi) is 13.8. The van der Waals surface area contributed by atoms with Crippen LogP contribution >= 0.6 is 0 Å². The van der Waals surface area contributed by atoms with Crippen molar-refractivity contribution in [2.45, 2.75) is 63.8 Å². The van der Waals surface area contributed by atoms with Gasteiger partial charge in [0, 0.05) is 37.8 Å². The van der Waals surface area contributed by atoms with Crippen molar-refractivity contribution >= 4 is 23.8 Å². The van der Waals surface area contributed by atoms with Crippen molar-refractivity contribution in [3.63, 3.8) is 0 Å². The van der Waals surface area contributed by atoms with Crippen molar-refractivity contribution in [1.82, 2.24) is 25.8 Å². The number of likely N-dealkylation sites (tertiary alicyclic amines) is 1. The molecule has 250 valence electrons. The van der Waals surface area contributed by atoms with Crippen molar-refractivity contribution in [2.24, 2.45) is 0 Å². The summed E-state index contributed by atoms with van der Waals surface area (Å²) in [6.45, 7) is 3.65. The highest BCUT2D eigenvalue weighted by molar-refractivity contribution is 5.94. The molecule has 1 heterocycles. The first-order chi connectivity index (χ1) is 22.9. The zero-order chi connectivity index (χ0) is 33.4. The molecule has 4 amide bonds. The van der Waals surface area contributed by atoms with Crippen LogP contribution in [0.1, 0.15) is 54.1 Å². The smallest absolute Gasteiger partial charge is 0.407 e. The molecule has 10 heteroatoms. The van der Waals surface area contributed by atoms with E-state index in [0.29, 0.717) is 44.5 Å². The maximum atomic E-state index is 14.1. The van der Waals surface area contributed by atoms with Crippen molar-refractivity contribution in [3.05, 3.63) is 108 Å². The van der Waals surface area contributed by atoms with Gasteiger partial charge in [-0.05, 0) is 69.3 Å². The lowest BCUT2D eigenvalue weighted by Gasteiger charge is -2.33. The van der Waals surface area contributed by atoms with Gasteiger partial charge in [0.1, 0.15) is 12.6 Å². The van der Waals surface area contributed by atoms with E-state index >= 15 is 0 Å². The molecule has 1 aliphatic heterocycles. The quantitative estimate of drug-likeness (QED) is 0.202. The number of carbonyl (C=O) groups excluding carboxylic acids is 4. The van der Waals surface area contributed by atoms with Crippen LogP contribution in [-0.2, 0) is 27.4 Å². The molecule has 0 aliphatic carbocycles. The Morgan fingerprint density at radius 2 is 1.55 bits per heavy atom. The van der Waals surface area contributed by atoms with Crippen molar-refractivity contribution in [2.75, 3.05) is 33.2 Å². The zero-order valence-electron chi connectivity index (χ0n) is 27.4. The molecule has 3 aromatic rings. The summed E-state index contributed by atoms with van der Waals surface area (Å²) in [5, 5.41) is 8.59. The first kappa shape index (κ1) is 35.2. The second-order valence-electron chi connectivity index (χ2n) is 11.9. The number of alkyl carbamates (subject to hydrolysis) is 1. The van der Waals surface area contributed by atoms with E-state index in [9.17, 15) is 19.2 Å². The van der Waals surface area contributed by atoms with E-state index in [4.69, 9.17) is 4.74 Å². The number of ether oxygens (including phenoxy) is 1. The second-order valence-corrected chi connectivity index (χ2v) is 11.9. The third-order valence-electron chi connectivity index (χ3n) is 8.51. The topological polar surface area (TPSA) is 120 Å². The minimum Gasteiger partial charge on any atom is -0.445 e. The van der Waals surface area contributed by atoms with E-state index in [0.717, 1.165) is 24.0 Å². The Bertz CT molecular complexity index is 1420. The summed E-state index contributed by atoms with van der Waals surface area (Å²) in [7, 11) is 1.69. The molecule has 3 aromatic carbocycles. The summed E-state index contributed by atoms with van der Waals surface area (Å²) in [5.74, 6) is -0.523. The van der Waals surface area contributed by atoms with Gasteiger partial charge in [0.15, 0.2) is 0 Å². The maximum Gasteiger partial charge on any atom is 0.407 e. The van der Waals surface area contributed by atoms with Crippen LogP contribution in [0.25, 0.3) is 0 Å². The fraction of sp³-hybridized carbons (Fsp3) is 0.405. The second kappa shape index (κ2) is 18.4. The van der Waals surface area contributed by atoms with E-state index in [1.165, 1.54) is 0 Å². The van der Waals surface area contributed by atoms with Crippen LogP contribution in [0.3, 0.4) is 0 Å². The Balaban J connectivity index is 1.40. The number of benzene rings is 3. The van der Waals surface area contributed by atoms with E-state index in [-0.39, 0.29) is 36.9 Å². The van der Waals surface area contributed by atoms with Crippen LogP contribution < -0.4 is 16.0 Å². The van der Waals surface area contributed by atoms with Gasteiger partial charge in [-0.25, -0.2) is 4.79 Å². The third kappa shape index (κ3) is 11.0. The van der Waals surface area contributed by atoms with Gasteiger partial charge < -0.3 is 30.5 Å². The zero-order valence-corrected chi connectivity index (χ0v) is 27.4. The number of nitrogens with one attached hydrogen (secondary N) is 3. The summed E-state index contributed by atoms with van der Waals surface area (Å²) in [6, 6.07) is 27.2. The highest BCUT2D eigenvalue weighted by Gasteiger charge is 2.36. The van der Waals surface area contributed by atoms with Crippen LogP contribution in [0.2, 0.25) is 0 Å². The average Bonchev–Trinajstić information content (AvgIpc) is 3.58. The normalized spacial score (nSPS) is 15.4. The van der Waals surface area contributed by atoms with Gasteiger partial charge >= 0.3 is 6.09 Å². The molecule has 3 atom stereocenters. The number of hydrogen-bond acceptors (Lipinski definition) is 6. The lowest BCUT2D eigenvalue weighted by molar-refractivity contribution is -0.138. The summed E-state index contributed by atoms with van der Waals surface area (Å²) < 4.78 is 5.29. The minimum absolute atomic E-state index is 0.0706. The molecule has 1 saturated heterocycles. The summed E-state index contributed by atoms with van der Waals surface area (Å²) >= 11 is 0. The monoisotopic (exact) mass is 641 g/mol. The van der Waals surface area contributed by atoms with E-state index in [1.54, 1.807) is 14.0 Å². The highest BCUT2D eigenvalue weighted by atomic mass is 16.5. The maximum absolute atomic E-state index is 14.1. The molecule has 0 radical (unpaired) electrons. The van der Waals surface area contributed by atoms with Gasteiger partial charge in [-0.3, -0.25) is 14.4 Å². The molecule has 10 nitrogen and oxygen atoms in total. The Hall–Kier alpha value is -4.70. The highest BCUT2D eigenvalue weighted by Crippen LogP contribution is 2.22. The van der Waals surface area contributed by atoms with E-state index in [2.05, 4.69) is 16.0 Å². The molecule has 0 bridgehead atoms. The molecule has 1 aliphatic rings.